The third-order valence-corrected chi connectivity index (χ3v) is 4.99. The largest absolute Gasteiger partial charge is 0.492 e. The van der Waals surface area contributed by atoms with Crippen LogP contribution < -0.4 is 10.1 Å². The molecule has 3 rings (SSSR count). The number of nitrogens with one attached hydrogen (secondary N) is 1. The quantitative estimate of drug-likeness (QED) is 0.666. The zero-order valence-electron chi connectivity index (χ0n) is 17.2. The Labute approximate surface area is 174 Å². The molecule has 1 amide bonds. The molecule has 0 spiro atoms. The molecule has 0 aliphatic carbocycles. The maximum atomic E-state index is 12.2. The second-order valence-electron chi connectivity index (χ2n) is 7.40. The van der Waals surface area contributed by atoms with E-state index in [1.54, 1.807) is 0 Å². The lowest BCUT2D eigenvalue weighted by Gasteiger charge is -2.33. The van der Waals surface area contributed by atoms with Gasteiger partial charge in [0.15, 0.2) is 0 Å². The van der Waals surface area contributed by atoms with Crippen LogP contribution in [0.1, 0.15) is 11.1 Å². The number of benzene rings is 2. The van der Waals surface area contributed by atoms with Gasteiger partial charge in [-0.3, -0.25) is 14.6 Å². The van der Waals surface area contributed by atoms with Gasteiger partial charge in [-0.15, -0.1) is 0 Å². The highest BCUT2D eigenvalue weighted by Gasteiger charge is 2.17. The lowest BCUT2D eigenvalue weighted by molar-refractivity contribution is -0.122. The normalized spacial score (nSPS) is 15.5. The minimum atomic E-state index is 0.0651. The molecule has 0 atom stereocenters. The van der Waals surface area contributed by atoms with Crippen LogP contribution in [0.2, 0.25) is 0 Å². The van der Waals surface area contributed by atoms with Gasteiger partial charge < -0.3 is 10.1 Å². The Hall–Kier alpha value is -2.63. The van der Waals surface area contributed by atoms with E-state index in [4.69, 9.17) is 4.74 Å². The Morgan fingerprint density at radius 3 is 2.55 bits per heavy atom. The molecule has 5 heteroatoms. The van der Waals surface area contributed by atoms with Gasteiger partial charge in [0.05, 0.1) is 13.1 Å². The summed E-state index contributed by atoms with van der Waals surface area (Å²) in [6.07, 6.45) is 4.38. The van der Waals surface area contributed by atoms with Gasteiger partial charge in [0.25, 0.3) is 0 Å². The summed E-state index contributed by atoms with van der Waals surface area (Å²) in [6.45, 7) is 8.27. The van der Waals surface area contributed by atoms with Crippen LogP contribution in [0.15, 0.2) is 60.7 Å². The fraction of sp³-hybridized carbons (Fsp3) is 0.375. The molecule has 2 aromatic rings. The number of aryl methyl sites for hydroxylation is 1. The summed E-state index contributed by atoms with van der Waals surface area (Å²) in [6, 6.07) is 18.3. The maximum Gasteiger partial charge on any atom is 0.234 e. The Kier molecular flexibility index (Phi) is 8.28. The van der Waals surface area contributed by atoms with Gasteiger partial charge >= 0.3 is 0 Å². The van der Waals surface area contributed by atoms with Crippen LogP contribution in [0, 0.1) is 6.92 Å². The van der Waals surface area contributed by atoms with Gasteiger partial charge in [-0.1, -0.05) is 54.6 Å². The minimum Gasteiger partial charge on any atom is -0.492 e. The molecule has 5 nitrogen and oxygen atoms in total. The molecular formula is C24H31N3O2. The van der Waals surface area contributed by atoms with Crippen molar-refractivity contribution >= 4 is 12.0 Å². The molecular weight excluding hydrogens is 362 g/mol. The molecule has 2 aromatic carbocycles. The maximum absolute atomic E-state index is 12.2. The highest BCUT2D eigenvalue weighted by molar-refractivity contribution is 5.78. The first-order valence-corrected chi connectivity index (χ1v) is 10.3. The Bertz CT molecular complexity index is 784. The van der Waals surface area contributed by atoms with Gasteiger partial charge in [0.1, 0.15) is 12.4 Å². The van der Waals surface area contributed by atoms with Crippen molar-refractivity contribution in [2.45, 2.75) is 6.92 Å². The number of hydrogen-bond donors (Lipinski definition) is 1. The van der Waals surface area contributed by atoms with E-state index in [1.807, 2.05) is 37.3 Å². The number of carbonyl (C=O) groups excluding carboxylic acids is 1. The minimum absolute atomic E-state index is 0.0651. The van der Waals surface area contributed by atoms with Crippen LogP contribution in [0.3, 0.4) is 0 Å². The average Bonchev–Trinajstić information content (AvgIpc) is 2.73. The van der Waals surface area contributed by atoms with E-state index in [2.05, 4.69) is 51.5 Å². The van der Waals surface area contributed by atoms with Gasteiger partial charge in [0.2, 0.25) is 5.91 Å². The molecule has 0 bridgehead atoms. The molecule has 29 heavy (non-hydrogen) atoms. The van der Waals surface area contributed by atoms with Crippen molar-refractivity contribution in [3.63, 3.8) is 0 Å². The SMILES string of the molecule is Cc1cccc(OCCNC(=O)CN2CCN(C/C=C/c3ccccc3)CC2)c1. The van der Waals surface area contributed by atoms with E-state index in [9.17, 15) is 4.79 Å². The predicted octanol–water partition coefficient (Wildman–Crippen LogP) is 2.82. The van der Waals surface area contributed by atoms with Gasteiger partial charge in [-0.2, -0.15) is 0 Å². The van der Waals surface area contributed by atoms with E-state index in [0.717, 1.165) is 38.5 Å². The van der Waals surface area contributed by atoms with Crippen LogP contribution in [-0.2, 0) is 4.79 Å². The number of piperazine rings is 1. The van der Waals surface area contributed by atoms with E-state index in [-0.39, 0.29) is 5.91 Å². The topological polar surface area (TPSA) is 44.8 Å². The number of nitrogens with zero attached hydrogens (tertiary/aromatic N) is 2. The summed E-state index contributed by atoms with van der Waals surface area (Å²) in [7, 11) is 0. The lowest BCUT2D eigenvalue weighted by atomic mass is 10.2. The zero-order valence-corrected chi connectivity index (χ0v) is 17.2. The third kappa shape index (κ3) is 7.72. The average molecular weight is 394 g/mol. The second-order valence-corrected chi connectivity index (χ2v) is 7.40. The van der Waals surface area contributed by atoms with Crippen molar-refractivity contribution in [2.75, 3.05) is 52.4 Å². The number of carbonyl (C=O) groups is 1. The molecule has 0 saturated carbocycles. The highest BCUT2D eigenvalue weighted by atomic mass is 16.5. The van der Waals surface area contributed by atoms with Gasteiger partial charge in [0, 0.05) is 32.7 Å². The van der Waals surface area contributed by atoms with Crippen LogP contribution in [0.4, 0.5) is 0 Å². The van der Waals surface area contributed by atoms with Crippen LogP contribution >= 0.6 is 0 Å². The van der Waals surface area contributed by atoms with Crippen molar-refractivity contribution in [1.29, 1.82) is 0 Å². The molecule has 1 heterocycles. The number of amides is 1. The second kappa shape index (κ2) is 11.4. The molecule has 1 fully saturated rings. The highest BCUT2D eigenvalue weighted by Crippen LogP contribution is 2.11. The summed E-state index contributed by atoms with van der Waals surface area (Å²) in [5.74, 6) is 0.909. The number of hydrogen-bond acceptors (Lipinski definition) is 4. The summed E-state index contributed by atoms with van der Waals surface area (Å²) < 4.78 is 5.67. The summed E-state index contributed by atoms with van der Waals surface area (Å²) in [5, 5.41) is 2.95. The van der Waals surface area contributed by atoms with E-state index < -0.39 is 0 Å². The van der Waals surface area contributed by atoms with Crippen molar-refractivity contribution < 1.29 is 9.53 Å². The monoisotopic (exact) mass is 393 g/mol. The fourth-order valence-corrected chi connectivity index (χ4v) is 3.36. The van der Waals surface area contributed by atoms with Crippen molar-refractivity contribution in [1.82, 2.24) is 15.1 Å². The molecule has 0 aromatic heterocycles. The Morgan fingerprint density at radius 2 is 1.79 bits per heavy atom. The number of ether oxygens (including phenoxy) is 1. The summed E-state index contributed by atoms with van der Waals surface area (Å²) in [5.41, 5.74) is 2.40. The first kappa shape index (κ1) is 21.1. The molecule has 0 unspecified atom stereocenters. The first-order chi connectivity index (χ1) is 14.2. The van der Waals surface area contributed by atoms with Gasteiger partial charge in [-0.25, -0.2) is 0 Å². The van der Waals surface area contributed by atoms with E-state index in [1.165, 1.54) is 11.1 Å². The smallest absolute Gasteiger partial charge is 0.234 e. The lowest BCUT2D eigenvalue weighted by Crippen LogP contribution is -2.49. The fourth-order valence-electron chi connectivity index (χ4n) is 3.36. The third-order valence-electron chi connectivity index (χ3n) is 4.99. The Morgan fingerprint density at radius 1 is 1.03 bits per heavy atom. The molecule has 1 saturated heterocycles. The van der Waals surface area contributed by atoms with Crippen molar-refractivity contribution in [2.24, 2.45) is 0 Å². The van der Waals surface area contributed by atoms with Crippen LogP contribution in [0.25, 0.3) is 6.08 Å². The molecule has 1 N–H and O–H groups in total. The molecule has 0 radical (unpaired) electrons. The predicted molar refractivity (Wildman–Crippen MR) is 118 cm³/mol. The summed E-state index contributed by atoms with van der Waals surface area (Å²) in [4.78, 5) is 16.8. The van der Waals surface area contributed by atoms with Crippen molar-refractivity contribution in [3.05, 3.63) is 71.8 Å². The molecule has 1 aliphatic rings. The van der Waals surface area contributed by atoms with Crippen LogP contribution in [0.5, 0.6) is 5.75 Å². The van der Waals surface area contributed by atoms with E-state index >= 15 is 0 Å². The van der Waals surface area contributed by atoms with Gasteiger partial charge in [-0.05, 0) is 30.2 Å². The van der Waals surface area contributed by atoms with Crippen LogP contribution in [-0.4, -0.2) is 68.1 Å². The Balaban J connectivity index is 1.27. The van der Waals surface area contributed by atoms with Crippen molar-refractivity contribution in [3.8, 4) is 5.75 Å². The standard InChI is InChI=1S/C24H31N3O2/c1-21-7-5-11-23(19-21)29-18-12-25-24(28)20-27-16-14-26(15-17-27)13-6-10-22-8-3-2-4-9-22/h2-11,19H,12-18,20H2,1H3,(H,25,28)/b10-6+. The first-order valence-electron chi connectivity index (χ1n) is 10.3. The molecule has 1 aliphatic heterocycles. The molecule has 154 valence electrons. The summed E-state index contributed by atoms with van der Waals surface area (Å²) >= 11 is 0. The zero-order chi connectivity index (χ0) is 20.3. The number of rotatable bonds is 9. The van der Waals surface area contributed by atoms with E-state index in [0.29, 0.717) is 19.7 Å².